The summed E-state index contributed by atoms with van der Waals surface area (Å²) >= 11 is 0. The van der Waals surface area contributed by atoms with Crippen molar-refractivity contribution >= 4 is 0 Å². The average Bonchev–Trinajstić information content (AvgIpc) is 2.56. The Morgan fingerprint density at radius 3 is 3.00 bits per heavy atom. The molecule has 2 nitrogen and oxygen atoms in total. The monoisotopic (exact) mass is 321 g/mol. The van der Waals surface area contributed by atoms with E-state index in [-0.39, 0.29) is 5.41 Å². The molecule has 2 fully saturated rings. The summed E-state index contributed by atoms with van der Waals surface area (Å²) in [7, 11) is 2.26. The second-order valence-electron chi connectivity index (χ2n) is 7.53. The molecule has 2 bridgehead atoms. The van der Waals surface area contributed by atoms with Crippen molar-refractivity contribution in [3.8, 4) is 5.75 Å². The van der Waals surface area contributed by atoms with E-state index < -0.39 is 13.0 Å². The highest BCUT2D eigenvalue weighted by molar-refractivity contribution is 5.45. The van der Waals surface area contributed by atoms with E-state index in [1.54, 1.807) is 0 Å². The summed E-state index contributed by atoms with van der Waals surface area (Å²) in [4.78, 5) is 2.54. The van der Waals surface area contributed by atoms with Gasteiger partial charge in [-0.1, -0.05) is 18.9 Å². The van der Waals surface area contributed by atoms with E-state index in [1.165, 1.54) is 43.2 Å². The van der Waals surface area contributed by atoms with Crippen LogP contribution >= 0.6 is 0 Å². The predicted octanol–water partition coefficient (Wildman–Crippen LogP) is 4.02. The quantitative estimate of drug-likeness (QED) is 0.834. The normalized spacial score (nSPS) is 33.2. The van der Waals surface area contributed by atoms with E-state index >= 15 is 0 Å². The number of halogens is 2. The van der Waals surface area contributed by atoms with Crippen LogP contribution < -0.4 is 4.74 Å². The minimum absolute atomic E-state index is 0.257. The number of hydrogen-bond acceptors (Lipinski definition) is 2. The van der Waals surface area contributed by atoms with Crippen LogP contribution in [-0.4, -0.2) is 37.6 Å². The Morgan fingerprint density at radius 1 is 1.30 bits per heavy atom. The summed E-state index contributed by atoms with van der Waals surface area (Å²) in [6.45, 7) is 0.628. The van der Waals surface area contributed by atoms with Crippen LogP contribution in [0.5, 0.6) is 5.75 Å². The van der Waals surface area contributed by atoms with Gasteiger partial charge in [-0.05, 0) is 68.5 Å². The number of benzene rings is 1. The Morgan fingerprint density at radius 2 is 2.17 bits per heavy atom. The number of alkyl halides is 2. The molecule has 0 aromatic heterocycles. The molecule has 3 atom stereocenters. The molecule has 23 heavy (non-hydrogen) atoms. The summed E-state index contributed by atoms with van der Waals surface area (Å²) in [6, 6.07) is 6.72. The van der Waals surface area contributed by atoms with Gasteiger partial charge in [0.2, 0.25) is 0 Å². The molecule has 1 aromatic carbocycles. The molecular weight excluding hydrogens is 296 g/mol. The van der Waals surface area contributed by atoms with Crippen LogP contribution in [0.2, 0.25) is 0 Å². The Labute approximate surface area is 136 Å². The van der Waals surface area contributed by atoms with Gasteiger partial charge in [-0.15, -0.1) is 0 Å². The van der Waals surface area contributed by atoms with Gasteiger partial charge in [-0.2, -0.15) is 0 Å². The molecule has 0 N–H and O–H groups in total. The van der Waals surface area contributed by atoms with Gasteiger partial charge in [0.15, 0.2) is 0 Å². The maximum atomic E-state index is 12.4. The van der Waals surface area contributed by atoms with Gasteiger partial charge < -0.3 is 9.64 Å². The smallest absolute Gasteiger partial charge is 0.272 e. The van der Waals surface area contributed by atoms with Crippen molar-refractivity contribution in [1.29, 1.82) is 0 Å². The Balaban J connectivity index is 1.73. The lowest BCUT2D eigenvalue weighted by atomic mass is 9.52. The summed E-state index contributed by atoms with van der Waals surface area (Å²) in [5.74, 6) is 1.33. The highest BCUT2D eigenvalue weighted by Gasteiger charge is 2.53. The zero-order valence-corrected chi connectivity index (χ0v) is 13.7. The first-order valence-electron chi connectivity index (χ1n) is 8.85. The van der Waals surface area contributed by atoms with Crippen LogP contribution in [0.25, 0.3) is 0 Å². The lowest BCUT2D eigenvalue weighted by molar-refractivity contribution is 0.00259. The molecule has 0 amide bonds. The van der Waals surface area contributed by atoms with E-state index in [2.05, 4.69) is 24.1 Å². The third-order valence-corrected chi connectivity index (χ3v) is 6.46. The van der Waals surface area contributed by atoms with Crippen molar-refractivity contribution in [2.45, 2.75) is 56.4 Å². The molecule has 1 saturated carbocycles. The Kier molecular flexibility index (Phi) is 3.83. The minimum atomic E-state index is -2.42. The van der Waals surface area contributed by atoms with Crippen molar-refractivity contribution in [3.05, 3.63) is 29.3 Å². The van der Waals surface area contributed by atoms with Crippen molar-refractivity contribution in [3.63, 3.8) is 0 Å². The standard InChI is InChI=1S/C19H25F2NO/c1-22-9-8-19-7-3-2-4-15(19)17(22)10-13-5-6-14(11-16(13)19)23-12-18(20)21/h5-6,11,15,17-18H,2-4,7-10,12H2,1H3/t15-,17?,19+/m1/s1. The lowest BCUT2D eigenvalue weighted by Gasteiger charge is -2.58. The largest absolute Gasteiger partial charge is 0.488 e. The number of likely N-dealkylation sites (tertiary alicyclic amines) is 1. The van der Waals surface area contributed by atoms with Gasteiger partial charge in [0.1, 0.15) is 12.4 Å². The van der Waals surface area contributed by atoms with Crippen LogP contribution in [0.4, 0.5) is 8.78 Å². The van der Waals surface area contributed by atoms with Crippen molar-refractivity contribution in [2.24, 2.45) is 5.92 Å². The number of piperidine rings is 1. The van der Waals surface area contributed by atoms with Crippen molar-refractivity contribution in [2.75, 3.05) is 20.2 Å². The molecular formula is C19H25F2NO. The maximum Gasteiger partial charge on any atom is 0.272 e. The fourth-order valence-corrected chi connectivity index (χ4v) is 5.42. The molecule has 1 aromatic rings. The topological polar surface area (TPSA) is 12.5 Å². The van der Waals surface area contributed by atoms with Crippen molar-refractivity contribution in [1.82, 2.24) is 4.90 Å². The first kappa shape index (κ1) is 15.4. The molecule has 4 heteroatoms. The Hall–Kier alpha value is -1.16. The van der Waals surface area contributed by atoms with E-state index in [4.69, 9.17) is 4.74 Å². The van der Waals surface area contributed by atoms with Gasteiger partial charge >= 0.3 is 0 Å². The fourth-order valence-electron chi connectivity index (χ4n) is 5.42. The summed E-state index contributed by atoms with van der Waals surface area (Å²) in [6.07, 6.45) is 5.02. The second-order valence-corrected chi connectivity index (χ2v) is 7.53. The van der Waals surface area contributed by atoms with Crippen LogP contribution in [-0.2, 0) is 11.8 Å². The first-order valence-corrected chi connectivity index (χ1v) is 8.85. The summed E-state index contributed by atoms with van der Waals surface area (Å²) in [5, 5.41) is 0. The average molecular weight is 321 g/mol. The Bertz CT molecular complexity index is 591. The number of rotatable bonds is 3. The van der Waals surface area contributed by atoms with Crippen LogP contribution in [0.15, 0.2) is 18.2 Å². The highest BCUT2D eigenvalue weighted by atomic mass is 19.3. The number of likely N-dealkylation sites (N-methyl/N-ethyl adjacent to an activating group) is 1. The van der Waals surface area contributed by atoms with Gasteiger partial charge in [0, 0.05) is 11.5 Å². The summed E-state index contributed by atoms with van der Waals surface area (Å²) < 4.78 is 30.2. The van der Waals surface area contributed by atoms with Gasteiger partial charge in [-0.3, -0.25) is 0 Å². The molecule has 0 spiro atoms. The van der Waals surface area contributed by atoms with E-state index in [9.17, 15) is 8.78 Å². The SMILES string of the molecule is CN1CC[C@@]23CCCC[C@@H]2C1Cc1ccc(OCC(F)F)cc13. The van der Waals surface area contributed by atoms with E-state index in [0.717, 1.165) is 13.0 Å². The molecule has 1 aliphatic heterocycles. The molecule has 1 unspecified atom stereocenters. The third kappa shape index (κ3) is 2.46. The molecule has 1 heterocycles. The fraction of sp³-hybridized carbons (Fsp3) is 0.684. The number of nitrogens with zero attached hydrogens (tertiary/aromatic N) is 1. The highest BCUT2D eigenvalue weighted by Crippen LogP contribution is 2.55. The van der Waals surface area contributed by atoms with E-state index in [0.29, 0.717) is 17.7 Å². The predicted molar refractivity (Wildman–Crippen MR) is 86.3 cm³/mol. The first-order chi connectivity index (χ1) is 11.1. The molecule has 1 saturated heterocycles. The second kappa shape index (κ2) is 5.73. The number of hydrogen-bond donors (Lipinski definition) is 0. The van der Waals surface area contributed by atoms with Crippen LogP contribution in [0.1, 0.15) is 43.2 Å². The molecule has 126 valence electrons. The minimum Gasteiger partial charge on any atom is -0.488 e. The summed E-state index contributed by atoms with van der Waals surface area (Å²) in [5.41, 5.74) is 3.06. The van der Waals surface area contributed by atoms with Crippen LogP contribution in [0.3, 0.4) is 0 Å². The van der Waals surface area contributed by atoms with Gasteiger partial charge in [-0.25, -0.2) is 8.78 Å². The van der Waals surface area contributed by atoms with Gasteiger partial charge in [0.25, 0.3) is 6.43 Å². The number of ether oxygens (including phenoxy) is 1. The zero-order valence-electron chi connectivity index (χ0n) is 13.7. The zero-order chi connectivity index (χ0) is 16.0. The molecule has 3 aliphatic rings. The molecule has 4 rings (SSSR count). The van der Waals surface area contributed by atoms with E-state index in [1.807, 2.05) is 6.07 Å². The van der Waals surface area contributed by atoms with Crippen molar-refractivity contribution < 1.29 is 13.5 Å². The van der Waals surface area contributed by atoms with Gasteiger partial charge in [0.05, 0.1) is 0 Å². The maximum absolute atomic E-state index is 12.4. The lowest BCUT2D eigenvalue weighted by Crippen LogP contribution is -2.59. The third-order valence-electron chi connectivity index (χ3n) is 6.46. The number of fused-ring (bicyclic) bond motifs is 1. The van der Waals surface area contributed by atoms with Crippen LogP contribution in [0, 0.1) is 5.92 Å². The molecule has 0 radical (unpaired) electrons. The molecule has 2 aliphatic carbocycles.